The van der Waals surface area contributed by atoms with Crippen molar-refractivity contribution in [3.63, 3.8) is 0 Å². The van der Waals surface area contributed by atoms with Gasteiger partial charge in [0.2, 0.25) is 0 Å². The second-order valence-electron chi connectivity index (χ2n) is 5.31. The first kappa shape index (κ1) is 16.9. The van der Waals surface area contributed by atoms with Crippen LogP contribution >= 0.6 is 0 Å². The molecule has 0 N–H and O–H groups in total. The molecule has 2 aromatic rings. The molecular formula is C16H19F2N3O2. The van der Waals surface area contributed by atoms with Crippen LogP contribution in [-0.2, 0) is 11.3 Å². The molecule has 2 rings (SSSR count). The van der Waals surface area contributed by atoms with E-state index in [1.165, 1.54) is 24.3 Å². The minimum Gasteiger partial charge on any atom is -0.484 e. The highest BCUT2D eigenvalue weighted by molar-refractivity contribution is 5.77. The van der Waals surface area contributed by atoms with Gasteiger partial charge in [-0.2, -0.15) is 8.78 Å². The number of hydrogen-bond donors (Lipinski definition) is 0. The normalized spacial score (nSPS) is 10.9. The molecular weight excluding hydrogens is 304 g/mol. The van der Waals surface area contributed by atoms with Crippen molar-refractivity contribution in [1.82, 2.24) is 14.5 Å². The van der Waals surface area contributed by atoms with Gasteiger partial charge in [-0.1, -0.05) is 6.07 Å². The molecule has 0 saturated carbocycles. The Morgan fingerprint density at radius 3 is 2.74 bits per heavy atom. The number of hydrogen-bond acceptors (Lipinski definition) is 3. The van der Waals surface area contributed by atoms with Gasteiger partial charge in [-0.05, 0) is 37.1 Å². The Bertz CT molecular complexity index is 686. The van der Waals surface area contributed by atoms with Crippen LogP contribution in [0.5, 0.6) is 5.75 Å². The summed E-state index contributed by atoms with van der Waals surface area (Å²) in [5.41, 5.74) is 2.21. The molecule has 124 valence electrons. The highest BCUT2D eigenvalue weighted by atomic mass is 19.3. The van der Waals surface area contributed by atoms with E-state index >= 15 is 0 Å². The van der Waals surface area contributed by atoms with Crippen molar-refractivity contribution in [2.24, 2.45) is 0 Å². The summed E-state index contributed by atoms with van der Waals surface area (Å²) in [6, 6.07) is 5.56. The largest absolute Gasteiger partial charge is 0.484 e. The highest BCUT2D eigenvalue weighted by Gasteiger charge is 2.16. The molecule has 1 aromatic carbocycles. The van der Waals surface area contributed by atoms with Crippen LogP contribution in [0.15, 0.2) is 30.6 Å². The van der Waals surface area contributed by atoms with Gasteiger partial charge < -0.3 is 9.64 Å². The third-order valence-electron chi connectivity index (χ3n) is 3.60. The van der Waals surface area contributed by atoms with Crippen molar-refractivity contribution in [3.8, 4) is 5.75 Å². The number of ether oxygens (including phenoxy) is 1. The number of alkyl halides is 2. The Balaban J connectivity index is 1.92. The number of carbonyl (C=O) groups is 1. The minimum absolute atomic E-state index is 0.00748. The Kier molecular flexibility index (Phi) is 5.31. The zero-order valence-electron chi connectivity index (χ0n) is 13.3. The zero-order valence-corrected chi connectivity index (χ0v) is 13.3. The van der Waals surface area contributed by atoms with Crippen molar-refractivity contribution in [3.05, 3.63) is 47.5 Å². The molecule has 5 nitrogen and oxygen atoms in total. The van der Waals surface area contributed by atoms with Gasteiger partial charge in [0.1, 0.15) is 11.6 Å². The van der Waals surface area contributed by atoms with Gasteiger partial charge >= 0.3 is 6.55 Å². The first-order valence-corrected chi connectivity index (χ1v) is 7.12. The molecule has 0 spiro atoms. The topological polar surface area (TPSA) is 47.4 Å². The number of carbonyl (C=O) groups excluding carboxylic acids is 1. The lowest BCUT2D eigenvalue weighted by Crippen LogP contribution is -2.32. The van der Waals surface area contributed by atoms with Crippen molar-refractivity contribution >= 4 is 5.91 Å². The van der Waals surface area contributed by atoms with Gasteiger partial charge in [0.15, 0.2) is 6.61 Å². The van der Waals surface area contributed by atoms with Crippen molar-refractivity contribution in [2.75, 3.05) is 13.7 Å². The fraction of sp³-hybridized carbons (Fsp3) is 0.375. The van der Waals surface area contributed by atoms with Crippen LogP contribution < -0.4 is 4.74 Å². The van der Waals surface area contributed by atoms with Gasteiger partial charge in [0.05, 0.1) is 6.54 Å². The Morgan fingerprint density at radius 1 is 1.35 bits per heavy atom. The number of halogens is 2. The van der Waals surface area contributed by atoms with Gasteiger partial charge in [-0.15, -0.1) is 0 Å². The van der Waals surface area contributed by atoms with E-state index in [-0.39, 0.29) is 24.9 Å². The third-order valence-corrected chi connectivity index (χ3v) is 3.60. The molecule has 0 aliphatic heterocycles. The van der Waals surface area contributed by atoms with Gasteiger partial charge in [-0.3, -0.25) is 9.36 Å². The molecule has 0 saturated heterocycles. The fourth-order valence-electron chi connectivity index (χ4n) is 2.00. The van der Waals surface area contributed by atoms with Gasteiger partial charge in [-0.25, -0.2) is 4.98 Å². The summed E-state index contributed by atoms with van der Waals surface area (Å²) in [7, 11) is 1.52. The summed E-state index contributed by atoms with van der Waals surface area (Å²) in [5.74, 6) is 0.415. The number of amides is 1. The Labute approximate surface area is 133 Å². The molecule has 0 aliphatic carbocycles. The zero-order chi connectivity index (χ0) is 17.0. The summed E-state index contributed by atoms with van der Waals surface area (Å²) in [6.07, 6.45) is 2.47. The first-order valence-electron chi connectivity index (χ1n) is 7.12. The number of aromatic nitrogens is 2. The van der Waals surface area contributed by atoms with Crippen LogP contribution in [-0.4, -0.2) is 34.0 Å². The molecule has 1 amide bonds. The number of likely N-dealkylation sites (N-methyl/N-ethyl adjacent to an activating group) is 1. The summed E-state index contributed by atoms with van der Waals surface area (Å²) in [4.78, 5) is 17.2. The number of benzene rings is 1. The summed E-state index contributed by atoms with van der Waals surface area (Å²) in [5, 5.41) is 0. The fourth-order valence-corrected chi connectivity index (χ4v) is 2.00. The van der Waals surface area contributed by atoms with E-state index in [1.807, 2.05) is 26.0 Å². The van der Waals surface area contributed by atoms with Gasteiger partial charge in [0, 0.05) is 19.4 Å². The summed E-state index contributed by atoms with van der Waals surface area (Å²) >= 11 is 0. The molecule has 0 aliphatic rings. The predicted octanol–water partition coefficient (Wildman–Crippen LogP) is 2.93. The number of aryl methyl sites for hydroxylation is 2. The average Bonchev–Trinajstić information content (AvgIpc) is 2.96. The van der Waals surface area contributed by atoms with E-state index in [1.54, 1.807) is 6.07 Å². The molecule has 0 atom stereocenters. The average molecular weight is 323 g/mol. The maximum Gasteiger partial charge on any atom is 0.319 e. The Hall–Kier alpha value is -2.44. The molecule has 7 heteroatoms. The third kappa shape index (κ3) is 4.28. The smallest absolute Gasteiger partial charge is 0.319 e. The lowest BCUT2D eigenvalue weighted by Gasteiger charge is -2.18. The van der Waals surface area contributed by atoms with E-state index in [0.29, 0.717) is 5.75 Å². The van der Waals surface area contributed by atoms with E-state index in [0.717, 1.165) is 15.7 Å². The van der Waals surface area contributed by atoms with E-state index < -0.39 is 6.55 Å². The standard InChI is InChI=1S/C16H19F2N3O2/c1-11-4-5-13(8-12(11)2)23-10-15(22)20(3)9-14-19-6-7-21(14)16(17)18/h4-8,16H,9-10H2,1-3H3. The molecule has 0 unspecified atom stereocenters. The molecule has 1 heterocycles. The lowest BCUT2D eigenvalue weighted by atomic mass is 10.1. The first-order chi connectivity index (χ1) is 10.9. The quantitative estimate of drug-likeness (QED) is 0.821. The number of nitrogens with zero attached hydrogens (tertiary/aromatic N) is 3. The predicted molar refractivity (Wildman–Crippen MR) is 81.4 cm³/mol. The van der Waals surface area contributed by atoms with E-state index in [9.17, 15) is 13.6 Å². The monoisotopic (exact) mass is 323 g/mol. The maximum absolute atomic E-state index is 12.7. The molecule has 0 fully saturated rings. The molecule has 0 radical (unpaired) electrons. The Morgan fingerprint density at radius 2 is 2.09 bits per heavy atom. The second-order valence-corrected chi connectivity index (χ2v) is 5.31. The highest BCUT2D eigenvalue weighted by Crippen LogP contribution is 2.17. The summed E-state index contributed by atoms with van der Waals surface area (Å²) in [6.45, 7) is 1.10. The lowest BCUT2D eigenvalue weighted by molar-refractivity contribution is -0.132. The van der Waals surface area contributed by atoms with Crippen LogP contribution in [0, 0.1) is 13.8 Å². The molecule has 23 heavy (non-hydrogen) atoms. The molecule has 1 aromatic heterocycles. The maximum atomic E-state index is 12.7. The number of imidazole rings is 1. The van der Waals surface area contributed by atoms with Crippen molar-refractivity contribution in [1.29, 1.82) is 0 Å². The van der Waals surface area contributed by atoms with Gasteiger partial charge in [0.25, 0.3) is 5.91 Å². The van der Waals surface area contributed by atoms with Crippen LogP contribution in [0.1, 0.15) is 23.5 Å². The van der Waals surface area contributed by atoms with Crippen LogP contribution in [0.4, 0.5) is 8.78 Å². The molecule has 0 bridgehead atoms. The van der Waals surface area contributed by atoms with E-state index in [4.69, 9.17) is 4.74 Å². The van der Waals surface area contributed by atoms with E-state index in [2.05, 4.69) is 4.98 Å². The van der Waals surface area contributed by atoms with Crippen LogP contribution in [0.3, 0.4) is 0 Å². The van der Waals surface area contributed by atoms with Crippen molar-refractivity contribution in [2.45, 2.75) is 26.9 Å². The van der Waals surface area contributed by atoms with Crippen molar-refractivity contribution < 1.29 is 18.3 Å². The second kappa shape index (κ2) is 7.21. The minimum atomic E-state index is -2.68. The van der Waals surface area contributed by atoms with Crippen LogP contribution in [0.2, 0.25) is 0 Å². The SMILES string of the molecule is Cc1ccc(OCC(=O)N(C)Cc2nccn2C(F)F)cc1C. The number of rotatable bonds is 6. The van der Waals surface area contributed by atoms with Crippen LogP contribution in [0.25, 0.3) is 0 Å². The summed E-state index contributed by atoms with van der Waals surface area (Å²) < 4.78 is 31.7.